The molecule has 5 heteroatoms. The molecule has 0 aliphatic rings. The molecule has 1 aromatic heterocycles. The largest absolute Gasteiger partial charge is 0.492 e. The Morgan fingerprint density at radius 3 is 2.89 bits per heavy atom. The highest BCUT2D eigenvalue weighted by atomic mass is 32.1. The minimum Gasteiger partial charge on any atom is -0.492 e. The van der Waals surface area contributed by atoms with Crippen LogP contribution in [0.4, 0.5) is 11.5 Å². The van der Waals surface area contributed by atoms with E-state index in [1.807, 2.05) is 37.3 Å². The second-order valence-corrected chi connectivity index (χ2v) is 4.29. The Kier molecular flexibility index (Phi) is 4.30. The van der Waals surface area contributed by atoms with Crippen molar-refractivity contribution in [3.05, 3.63) is 48.2 Å². The van der Waals surface area contributed by atoms with Crippen LogP contribution in [0.15, 0.2) is 42.6 Å². The highest BCUT2D eigenvalue weighted by Gasteiger charge is 2.04. The molecule has 1 heterocycles. The van der Waals surface area contributed by atoms with E-state index in [1.165, 1.54) is 0 Å². The molecule has 0 unspecified atom stereocenters. The first kappa shape index (κ1) is 13.3. The van der Waals surface area contributed by atoms with Crippen molar-refractivity contribution in [1.29, 1.82) is 0 Å². The number of para-hydroxylation sites is 2. The van der Waals surface area contributed by atoms with Crippen molar-refractivity contribution in [1.82, 2.24) is 4.98 Å². The molecular weight excluding hydrogens is 258 g/mol. The molecule has 3 N–H and O–H groups in total. The smallest absolute Gasteiger partial charge is 0.142 e. The Morgan fingerprint density at radius 2 is 2.16 bits per heavy atom. The molecule has 98 valence electrons. The number of thiocarbonyl (C=S) groups is 1. The zero-order valence-corrected chi connectivity index (χ0v) is 11.4. The predicted molar refractivity (Wildman–Crippen MR) is 81.0 cm³/mol. The van der Waals surface area contributed by atoms with Crippen LogP contribution in [0.3, 0.4) is 0 Å². The number of nitrogens with zero attached hydrogens (tertiary/aromatic N) is 1. The fraction of sp³-hybridized carbons (Fsp3) is 0.143. The SMILES string of the molecule is CCOc1ccccc1Nc1cc(C(N)=S)ccn1. The normalized spacial score (nSPS) is 9.95. The number of benzene rings is 1. The van der Waals surface area contributed by atoms with E-state index in [1.54, 1.807) is 12.3 Å². The topological polar surface area (TPSA) is 60.2 Å². The third-order valence-corrected chi connectivity index (χ3v) is 2.73. The Bertz CT molecular complexity index is 586. The predicted octanol–water partition coefficient (Wildman–Crippen LogP) is 2.86. The van der Waals surface area contributed by atoms with Crippen molar-refractivity contribution >= 4 is 28.7 Å². The summed E-state index contributed by atoms with van der Waals surface area (Å²) in [6, 6.07) is 11.3. The lowest BCUT2D eigenvalue weighted by atomic mass is 10.2. The maximum atomic E-state index is 5.60. The Balaban J connectivity index is 2.26. The molecule has 0 spiro atoms. The maximum Gasteiger partial charge on any atom is 0.142 e. The average Bonchev–Trinajstić information content (AvgIpc) is 2.41. The van der Waals surface area contributed by atoms with Gasteiger partial charge < -0.3 is 15.8 Å². The standard InChI is InChI=1S/C14H15N3OS/c1-2-18-12-6-4-3-5-11(12)17-13-9-10(14(15)19)7-8-16-13/h3-9H,2H2,1H3,(H2,15,19)(H,16,17). The monoisotopic (exact) mass is 273 g/mol. The summed E-state index contributed by atoms with van der Waals surface area (Å²) in [7, 11) is 0. The van der Waals surface area contributed by atoms with Gasteiger partial charge in [-0.15, -0.1) is 0 Å². The van der Waals surface area contributed by atoms with Crippen molar-refractivity contribution < 1.29 is 4.74 Å². The van der Waals surface area contributed by atoms with E-state index < -0.39 is 0 Å². The van der Waals surface area contributed by atoms with Crippen LogP contribution >= 0.6 is 12.2 Å². The summed E-state index contributed by atoms with van der Waals surface area (Å²) in [5.74, 6) is 1.46. The van der Waals surface area contributed by atoms with Gasteiger partial charge in [0.2, 0.25) is 0 Å². The van der Waals surface area contributed by atoms with Crippen molar-refractivity contribution in [2.24, 2.45) is 5.73 Å². The zero-order valence-electron chi connectivity index (χ0n) is 10.6. The van der Waals surface area contributed by atoms with Crippen molar-refractivity contribution in [3.8, 4) is 5.75 Å². The molecule has 0 atom stereocenters. The fourth-order valence-electron chi connectivity index (χ4n) is 1.64. The van der Waals surface area contributed by atoms with Crippen LogP contribution in [-0.2, 0) is 0 Å². The Labute approximate surface area is 117 Å². The van der Waals surface area contributed by atoms with E-state index >= 15 is 0 Å². The van der Waals surface area contributed by atoms with E-state index in [0.717, 1.165) is 17.0 Å². The molecule has 0 bridgehead atoms. The zero-order chi connectivity index (χ0) is 13.7. The van der Waals surface area contributed by atoms with Gasteiger partial charge in [0.15, 0.2) is 0 Å². The van der Waals surface area contributed by atoms with E-state index in [4.69, 9.17) is 22.7 Å². The second-order valence-electron chi connectivity index (χ2n) is 3.85. The first-order chi connectivity index (χ1) is 9.20. The summed E-state index contributed by atoms with van der Waals surface area (Å²) in [6.07, 6.45) is 1.67. The minimum atomic E-state index is 0.351. The summed E-state index contributed by atoms with van der Waals surface area (Å²) in [5.41, 5.74) is 7.24. The van der Waals surface area contributed by atoms with E-state index in [0.29, 0.717) is 17.4 Å². The van der Waals surface area contributed by atoms with Gasteiger partial charge in [-0.1, -0.05) is 24.4 Å². The van der Waals surface area contributed by atoms with Gasteiger partial charge in [0.05, 0.1) is 12.3 Å². The van der Waals surface area contributed by atoms with E-state index in [2.05, 4.69) is 10.3 Å². The van der Waals surface area contributed by atoms with Crippen LogP contribution in [0, 0.1) is 0 Å². The number of ether oxygens (including phenoxy) is 1. The molecule has 0 aliphatic carbocycles. The summed E-state index contributed by atoms with van der Waals surface area (Å²) < 4.78 is 5.55. The maximum absolute atomic E-state index is 5.60. The highest BCUT2D eigenvalue weighted by Crippen LogP contribution is 2.26. The van der Waals surface area contributed by atoms with Crippen LogP contribution in [0.2, 0.25) is 0 Å². The van der Waals surface area contributed by atoms with Gasteiger partial charge in [0.25, 0.3) is 0 Å². The quantitative estimate of drug-likeness (QED) is 0.820. The summed E-state index contributed by atoms with van der Waals surface area (Å²) in [4.78, 5) is 4.59. The van der Waals surface area contributed by atoms with Gasteiger partial charge in [-0.2, -0.15) is 0 Å². The molecule has 0 fully saturated rings. The van der Waals surface area contributed by atoms with Crippen molar-refractivity contribution in [2.75, 3.05) is 11.9 Å². The van der Waals surface area contributed by atoms with Crippen LogP contribution in [0.5, 0.6) is 5.75 Å². The van der Waals surface area contributed by atoms with Gasteiger partial charge in [-0.3, -0.25) is 0 Å². The van der Waals surface area contributed by atoms with Gasteiger partial charge in [-0.25, -0.2) is 4.98 Å². The number of anilines is 2. The lowest BCUT2D eigenvalue weighted by Gasteiger charge is -2.12. The van der Waals surface area contributed by atoms with Gasteiger partial charge in [0.1, 0.15) is 16.6 Å². The molecule has 2 aromatic rings. The molecule has 4 nitrogen and oxygen atoms in total. The number of aromatic nitrogens is 1. The first-order valence-corrected chi connectivity index (χ1v) is 6.36. The van der Waals surface area contributed by atoms with Crippen LogP contribution < -0.4 is 15.8 Å². The third kappa shape index (κ3) is 3.42. The number of nitrogens with two attached hydrogens (primary N) is 1. The summed E-state index contributed by atoms with van der Waals surface area (Å²) in [6.45, 7) is 2.56. The van der Waals surface area contributed by atoms with E-state index in [9.17, 15) is 0 Å². The molecule has 0 saturated carbocycles. The molecule has 2 rings (SSSR count). The summed E-state index contributed by atoms with van der Waals surface area (Å²) >= 11 is 4.95. The Hall–Kier alpha value is -2.14. The number of rotatable bonds is 5. The Morgan fingerprint density at radius 1 is 1.37 bits per heavy atom. The molecule has 0 amide bonds. The van der Waals surface area contributed by atoms with Crippen molar-refractivity contribution in [3.63, 3.8) is 0 Å². The average molecular weight is 273 g/mol. The lowest BCUT2D eigenvalue weighted by Crippen LogP contribution is -2.10. The molecule has 1 aromatic carbocycles. The molecular formula is C14H15N3OS. The molecule has 0 radical (unpaired) electrons. The number of hydrogen-bond donors (Lipinski definition) is 2. The van der Waals surface area contributed by atoms with Gasteiger partial charge >= 0.3 is 0 Å². The number of nitrogens with one attached hydrogen (secondary N) is 1. The molecule has 19 heavy (non-hydrogen) atoms. The van der Waals surface area contributed by atoms with Gasteiger partial charge in [0, 0.05) is 11.8 Å². The van der Waals surface area contributed by atoms with Crippen LogP contribution in [0.25, 0.3) is 0 Å². The van der Waals surface area contributed by atoms with Crippen LogP contribution in [-0.4, -0.2) is 16.6 Å². The van der Waals surface area contributed by atoms with Gasteiger partial charge in [-0.05, 0) is 31.2 Å². The molecule has 0 aliphatic heterocycles. The van der Waals surface area contributed by atoms with Crippen LogP contribution in [0.1, 0.15) is 12.5 Å². The third-order valence-electron chi connectivity index (χ3n) is 2.49. The van der Waals surface area contributed by atoms with Crippen molar-refractivity contribution in [2.45, 2.75) is 6.92 Å². The lowest BCUT2D eigenvalue weighted by molar-refractivity contribution is 0.342. The number of pyridine rings is 1. The second kappa shape index (κ2) is 6.15. The fourth-order valence-corrected chi connectivity index (χ4v) is 1.77. The van der Waals surface area contributed by atoms with E-state index in [-0.39, 0.29) is 0 Å². The molecule has 0 saturated heterocycles. The summed E-state index contributed by atoms with van der Waals surface area (Å²) in [5, 5.41) is 3.20. The number of hydrogen-bond acceptors (Lipinski definition) is 4. The highest BCUT2D eigenvalue weighted by molar-refractivity contribution is 7.80. The first-order valence-electron chi connectivity index (χ1n) is 5.95. The minimum absolute atomic E-state index is 0.351.